The highest BCUT2D eigenvalue weighted by Gasteiger charge is 2.37. The topological polar surface area (TPSA) is 71.2 Å². The molecule has 0 spiro atoms. The monoisotopic (exact) mass is 568 g/mol. The molecule has 1 aromatic carbocycles. The lowest BCUT2D eigenvalue weighted by molar-refractivity contribution is 0.0168. The smallest absolute Gasteiger partial charge is 0.410 e. The van der Waals surface area contributed by atoms with Crippen molar-refractivity contribution in [2.45, 2.75) is 84.8 Å². The molecular formula is C33H49ClN4O2. The number of halogens is 1. The SMILES string of the molecule is C=C1C(CN2C=NCC2C)=Cc2cc(Cl)ccc2C(C2CCN(C(=O)OC(C)(C)C)CC2)C1C.CCC/C=C\N. The number of fused-ring (bicyclic) bond motifs is 1. The van der Waals surface area contributed by atoms with Crippen molar-refractivity contribution in [2.24, 2.45) is 22.6 Å². The Balaban J connectivity index is 0.000000663. The Kier molecular flexibility index (Phi) is 11.3. The molecule has 2 heterocycles. The summed E-state index contributed by atoms with van der Waals surface area (Å²) >= 11 is 6.44. The van der Waals surface area contributed by atoms with Gasteiger partial charge in [-0.25, -0.2) is 4.79 Å². The number of allylic oxidation sites excluding steroid dienone is 1. The van der Waals surface area contributed by atoms with Crippen LogP contribution in [0, 0.1) is 11.8 Å². The van der Waals surface area contributed by atoms with Gasteiger partial charge in [0.05, 0.1) is 12.9 Å². The van der Waals surface area contributed by atoms with Crippen LogP contribution in [-0.2, 0) is 4.74 Å². The third-order valence-electron chi connectivity index (χ3n) is 8.05. The molecule has 1 aromatic rings. The first-order chi connectivity index (χ1) is 18.9. The molecule has 6 nitrogen and oxygen atoms in total. The fourth-order valence-electron chi connectivity index (χ4n) is 5.79. The van der Waals surface area contributed by atoms with Crippen molar-refractivity contribution >= 4 is 30.1 Å². The normalized spacial score (nSPS) is 23.4. The maximum Gasteiger partial charge on any atom is 0.410 e. The Labute approximate surface area is 247 Å². The maximum atomic E-state index is 12.6. The van der Waals surface area contributed by atoms with E-state index in [4.69, 9.17) is 22.1 Å². The van der Waals surface area contributed by atoms with Crippen LogP contribution in [0.15, 0.2) is 53.2 Å². The number of hydrogen-bond donors (Lipinski definition) is 1. The number of likely N-dealkylation sites (tertiary alicyclic amines) is 1. The van der Waals surface area contributed by atoms with Crippen LogP contribution in [0.1, 0.15) is 84.3 Å². The van der Waals surface area contributed by atoms with Gasteiger partial charge in [0.25, 0.3) is 0 Å². The molecule has 3 unspecified atom stereocenters. The Morgan fingerprint density at radius 3 is 2.50 bits per heavy atom. The molecule has 40 heavy (non-hydrogen) atoms. The Morgan fingerprint density at radius 1 is 1.25 bits per heavy atom. The fourth-order valence-corrected chi connectivity index (χ4v) is 5.97. The van der Waals surface area contributed by atoms with Crippen molar-refractivity contribution in [3.63, 3.8) is 0 Å². The van der Waals surface area contributed by atoms with E-state index in [0.717, 1.165) is 50.5 Å². The Bertz CT molecular complexity index is 1110. The summed E-state index contributed by atoms with van der Waals surface area (Å²) in [5.74, 6) is 1.09. The van der Waals surface area contributed by atoms with Crippen molar-refractivity contribution in [3.05, 3.63) is 64.3 Å². The molecule has 1 amide bonds. The van der Waals surface area contributed by atoms with Crippen LogP contribution < -0.4 is 5.73 Å². The van der Waals surface area contributed by atoms with E-state index in [2.05, 4.69) is 55.5 Å². The summed E-state index contributed by atoms with van der Waals surface area (Å²) in [6.45, 7) is 20.1. The van der Waals surface area contributed by atoms with Crippen molar-refractivity contribution in [3.8, 4) is 0 Å². The first kappa shape index (κ1) is 31.8. The predicted octanol–water partition coefficient (Wildman–Crippen LogP) is 7.65. The van der Waals surface area contributed by atoms with Crippen molar-refractivity contribution in [2.75, 3.05) is 26.2 Å². The van der Waals surface area contributed by atoms with Crippen LogP contribution in [0.4, 0.5) is 4.79 Å². The van der Waals surface area contributed by atoms with Gasteiger partial charge in [-0.2, -0.15) is 0 Å². The van der Waals surface area contributed by atoms with Gasteiger partial charge in [-0.05, 0) is 111 Å². The molecule has 0 aromatic heterocycles. The Morgan fingerprint density at radius 2 is 1.95 bits per heavy atom. The van der Waals surface area contributed by atoms with Gasteiger partial charge < -0.3 is 20.3 Å². The highest BCUT2D eigenvalue weighted by molar-refractivity contribution is 6.30. The van der Waals surface area contributed by atoms with Crippen molar-refractivity contribution in [1.82, 2.24) is 9.80 Å². The van der Waals surface area contributed by atoms with Gasteiger partial charge in [0, 0.05) is 30.7 Å². The molecule has 2 aliphatic heterocycles. The zero-order chi connectivity index (χ0) is 29.4. The molecular weight excluding hydrogens is 520 g/mol. The number of amides is 1. The number of aliphatic imine (C=N–C) groups is 1. The van der Waals surface area contributed by atoms with Gasteiger partial charge in [0.1, 0.15) is 5.60 Å². The van der Waals surface area contributed by atoms with Gasteiger partial charge >= 0.3 is 6.09 Å². The van der Waals surface area contributed by atoms with Gasteiger partial charge in [0.15, 0.2) is 0 Å². The number of carbonyl (C=O) groups excluding carboxylic acids is 1. The van der Waals surface area contributed by atoms with E-state index in [0.29, 0.717) is 23.8 Å². The lowest BCUT2D eigenvalue weighted by Gasteiger charge is -2.39. The van der Waals surface area contributed by atoms with Crippen LogP contribution in [0.25, 0.3) is 6.08 Å². The van der Waals surface area contributed by atoms with E-state index >= 15 is 0 Å². The molecule has 3 atom stereocenters. The van der Waals surface area contributed by atoms with E-state index in [-0.39, 0.29) is 6.09 Å². The van der Waals surface area contributed by atoms with Gasteiger partial charge in [-0.3, -0.25) is 4.99 Å². The summed E-state index contributed by atoms with van der Waals surface area (Å²) in [4.78, 5) is 21.2. The summed E-state index contributed by atoms with van der Waals surface area (Å²) < 4.78 is 5.61. The second-order valence-corrected chi connectivity index (χ2v) is 12.7. The van der Waals surface area contributed by atoms with Gasteiger partial charge in [-0.15, -0.1) is 0 Å². The van der Waals surface area contributed by atoms with E-state index in [1.54, 1.807) is 6.20 Å². The summed E-state index contributed by atoms with van der Waals surface area (Å²) in [6.07, 6.45) is 11.8. The first-order valence-corrected chi connectivity index (χ1v) is 15.1. The number of piperidine rings is 1. The molecule has 2 N–H and O–H groups in total. The van der Waals surface area contributed by atoms with Crippen LogP contribution in [0.3, 0.4) is 0 Å². The molecule has 0 radical (unpaired) electrons. The van der Waals surface area contributed by atoms with E-state index in [1.165, 1.54) is 28.7 Å². The van der Waals surface area contributed by atoms with Crippen molar-refractivity contribution in [1.29, 1.82) is 0 Å². The fraction of sp³-hybridized carbons (Fsp3) is 0.576. The first-order valence-electron chi connectivity index (χ1n) is 14.7. The number of hydrogen-bond acceptors (Lipinski definition) is 5. The minimum Gasteiger partial charge on any atom is -0.444 e. The standard InChI is InChI=1S/C28H38ClN3O2.C5H11N/c1-18-15-30-17-32(18)16-23-13-22-14-24(29)7-8-25(22)26(20(3)19(23)2)21-9-11-31(12-10-21)27(33)34-28(4,5)6;1-2-3-4-5-6/h7-8,13-14,17-18,20-21,26H,2,9-12,15-16H2,1,3-6H3;4-5H,2-3,6H2,1H3/b;5-4-. The van der Waals surface area contributed by atoms with Gasteiger partial charge in [0.2, 0.25) is 0 Å². The third kappa shape index (κ3) is 8.39. The Hall–Kier alpha value is -2.73. The highest BCUT2D eigenvalue weighted by Crippen LogP contribution is 2.46. The third-order valence-corrected chi connectivity index (χ3v) is 8.28. The largest absolute Gasteiger partial charge is 0.444 e. The number of benzene rings is 1. The van der Waals surface area contributed by atoms with Crippen LogP contribution in [0.2, 0.25) is 5.02 Å². The number of nitrogens with two attached hydrogens (primary N) is 1. The second kappa shape index (κ2) is 14.2. The summed E-state index contributed by atoms with van der Waals surface area (Å²) in [6, 6.07) is 6.70. The highest BCUT2D eigenvalue weighted by atomic mass is 35.5. The minimum absolute atomic E-state index is 0.207. The zero-order valence-electron chi connectivity index (χ0n) is 25.3. The molecule has 1 fully saturated rings. The molecule has 0 bridgehead atoms. The number of carbonyl (C=O) groups is 1. The molecule has 1 aliphatic carbocycles. The quantitative estimate of drug-likeness (QED) is 0.396. The zero-order valence-corrected chi connectivity index (χ0v) is 26.1. The molecule has 7 heteroatoms. The lowest BCUT2D eigenvalue weighted by Crippen LogP contribution is -2.43. The van der Waals surface area contributed by atoms with Crippen LogP contribution in [0.5, 0.6) is 0 Å². The van der Waals surface area contributed by atoms with Crippen LogP contribution >= 0.6 is 11.6 Å². The maximum absolute atomic E-state index is 12.6. The van der Waals surface area contributed by atoms with Crippen LogP contribution in [-0.4, -0.2) is 60.1 Å². The molecule has 3 aliphatic rings. The average Bonchev–Trinajstić information content (AvgIpc) is 3.27. The number of ether oxygens (including phenoxy) is 1. The second-order valence-electron chi connectivity index (χ2n) is 12.3. The minimum atomic E-state index is -0.473. The molecule has 220 valence electrons. The van der Waals surface area contributed by atoms with E-state index < -0.39 is 5.60 Å². The molecule has 0 saturated carbocycles. The molecule has 4 rings (SSSR count). The number of nitrogens with zero attached hydrogens (tertiary/aromatic N) is 3. The average molecular weight is 569 g/mol. The summed E-state index contributed by atoms with van der Waals surface area (Å²) in [5, 5.41) is 0.754. The predicted molar refractivity (Wildman–Crippen MR) is 169 cm³/mol. The molecule has 1 saturated heterocycles. The van der Waals surface area contributed by atoms with E-state index in [9.17, 15) is 4.79 Å². The summed E-state index contributed by atoms with van der Waals surface area (Å²) in [7, 11) is 0. The lowest BCUT2D eigenvalue weighted by atomic mass is 9.71. The van der Waals surface area contributed by atoms with Gasteiger partial charge in [-0.1, -0.05) is 50.6 Å². The number of unbranched alkanes of at least 4 members (excludes halogenated alkanes) is 1. The van der Waals surface area contributed by atoms with Crippen molar-refractivity contribution < 1.29 is 9.53 Å². The summed E-state index contributed by atoms with van der Waals surface area (Å²) in [5.41, 5.74) is 9.54. The van der Waals surface area contributed by atoms with E-state index in [1.807, 2.05) is 44.2 Å². The number of rotatable bonds is 5.